The van der Waals surface area contributed by atoms with E-state index < -0.39 is 17.9 Å². The van der Waals surface area contributed by atoms with Gasteiger partial charge in [0, 0.05) is 5.56 Å². The van der Waals surface area contributed by atoms with Crippen LogP contribution in [0, 0.1) is 6.92 Å². The second kappa shape index (κ2) is 6.66. The lowest BCUT2D eigenvalue weighted by atomic mass is 10.1. The fraction of sp³-hybridized carbons (Fsp3) is 0.375. The van der Waals surface area contributed by atoms with E-state index >= 15 is 0 Å². The van der Waals surface area contributed by atoms with Gasteiger partial charge in [0.1, 0.15) is 11.4 Å². The molecule has 9 heteroatoms. The molecule has 1 aromatic heterocycles. The summed E-state index contributed by atoms with van der Waals surface area (Å²) in [5.41, 5.74) is -1.94. The largest absolute Gasteiger partial charge is 0.517 e. The number of rotatable bonds is 4. The number of oxazole rings is 1. The number of aromatic nitrogens is 1. The highest BCUT2D eigenvalue weighted by molar-refractivity contribution is 5.64. The van der Waals surface area contributed by atoms with Crippen LogP contribution in [0.15, 0.2) is 28.7 Å². The minimum atomic E-state index is -4.74. The monoisotopic (exact) mass is 359 g/mol. The number of hydrogen-bond acceptors (Lipinski definition) is 6. The smallest absolute Gasteiger partial charge is 0.497 e. The number of methoxy groups -OCH3 is 1. The summed E-state index contributed by atoms with van der Waals surface area (Å²) in [6, 6.07) is 6.68. The standard InChI is InChI=1S/C16H16F3NO5/c1-9-13(24-14(21)25-15(2,3)16(17,18)19)23-12(20-9)10-5-7-11(22-4)8-6-10/h5-8H,1-4H3. The first-order valence-electron chi connectivity index (χ1n) is 7.13. The number of carbonyl (C=O) groups excluding carboxylic acids is 1. The molecule has 0 aliphatic heterocycles. The first-order chi connectivity index (χ1) is 11.5. The summed E-state index contributed by atoms with van der Waals surface area (Å²) in [5.74, 6) is 0.424. The minimum absolute atomic E-state index is 0.137. The molecule has 0 unspecified atom stereocenters. The van der Waals surface area contributed by atoms with E-state index in [1.54, 1.807) is 24.3 Å². The highest BCUT2D eigenvalue weighted by Gasteiger charge is 2.51. The van der Waals surface area contributed by atoms with E-state index in [1.807, 2.05) is 0 Å². The van der Waals surface area contributed by atoms with Crippen molar-refractivity contribution < 1.29 is 36.6 Å². The molecule has 0 radical (unpaired) electrons. The fourth-order valence-corrected chi connectivity index (χ4v) is 1.70. The van der Waals surface area contributed by atoms with Crippen LogP contribution in [0.25, 0.3) is 11.5 Å². The molecule has 2 rings (SSSR count). The van der Waals surface area contributed by atoms with Gasteiger partial charge in [-0.1, -0.05) is 0 Å². The number of hydrogen-bond donors (Lipinski definition) is 0. The first-order valence-corrected chi connectivity index (χ1v) is 7.13. The van der Waals surface area contributed by atoms with E-state index in [9.17, 15) is 18.0 Å². The number of alkyl halides is 3. The Balaban J connectivity index is 2.13. The van der Waals surface area contributed by atoms with Gasteiger partial charge in [0.2, 0.25) is 11.5 Å². The zero-order valence-electron chi connectivity index (χ0n) is 13.9. The van der Waals surface area contributed by atoms with E-state index in [-0.39, 0.29) is 17.5 Å². The lowest BCUT2D eigenvalue weighted by Crippen LogP contribution is -2.44. The molecule has 0 N–H and O–H groups in total. The summed E-state index contributed by atoms with van der Waals surface area (Å²) in [4.78, 5) is 15.7. The number of carbonyl (C=O) groups is 1. The second-order valence-corrected chi connectivity index (χ2v) is 5.58. The van der Waals surface area contributed by atoms with E-state index in [0.717, 1.165) is 0 Å². The molecule has 0 fully saturated rings. The Labute approximate surface area is 141 Å². The molecule has 0 saturated carbocycles. The summed E-state index contributed by atoms with van der Waals surface area (Å²) in [6.45, 7) is 2.91. The van der Waals surface area contributed by atoms with Gasteiger partial charge in [-0.25, -0.2) is 9.78 Å². The van der Waals surface area contributed by atoms with Crippen molar-refractivity contribution in [2.24, 2.45) is 0 Å². The van der Waals surface area contributed by atoms with Gasteiger partial charge >= 0.3 is 18.3 Å². The van der Waals surface area contributed by atoms with Crippen LogP contribution in [0.1, 0.15) is 19.5 Å². The molecule has 136 valence electrons. The molecule has 1 aromatic carbocycles. The molecule has 1 heterocycles. The lowest BCUT2D eigenvalue weighted by Gasteiger charge is -2.26. The molecule has 25 heavy (non-hydrogen) atoms. The van der Waals surface area contributed by atoms with Gasteiger partial charge in [0.25, 0.3) is 0 Å². The molecule has 6 nitrogen and oxygen atoms in total. The number of benzene rings is 1. The molecule has 0 amide bonds. The zero-order chi connectivity index (χ0) is 18.8. The Morgan fingerprint density at radius 1 is 1.16 bits per heavy atom. The number of halogens is 3. The molecule has 0 atom stereocenters. The third-order valence-corrected chi connectivity index (χ3v) is 3.29. The van der Waals surface area contributed by atoms with Gasteiger partial charge in [0.15, 0.2) is 0 Å². The van der Waals surface area contributed by atoms with Crippen molar-refractivity contribution in [2.45, 2.75) is 32.5 Å². The van der Waals surface area contributed by atoms with Crippen molar-refractivity contribution in [2.75, 3.05) is 7.11 Å². The maximum absolute atomic E-state index is 12.7. The predicted octanol–water partition coefficient (Wildman–Crippen LogP) is 4.51. The van der Waals surface area contributed by atoms with Crippen LogP contribution in [-0.2, 0) is 4.74 Å². The van der Waals surface area contributed by atoms with Crippen LogP contribution >= 0.6 is 0 Å². The van der Waals surface area contributed by atoms with Gasteiger partial charge in [-0.05, 0) is 45.0 Å². The van der Waals surface area contributed by atoms with E-state index in [1.165, 1.54) is 14.0 Å². The van der Waals surface area contributed by atoms with Crippen molar-refractivity contribution >= 4 is 6.16 Å². The van der Waals surface area contributed by atoms with Crippen molar-refractivity contribution in [1.82, 2.24) is 4.98 Å². The van der Waals surface area contributed by atoms with Crippen LogP contribution < -0.4 is 9.47 Å². The predicted molar refractivity (Wildman–Crippen MR) is 80.5 cm³/mol. The average molecular weight is 359 g/mol. The first kappa shape index (κ1) is 18.6. The SMILES string of the molecule is COc1ccc(-c2nc(C)c(OC(=O)OC(C)(C)C(F)(F)F)o2)cc1. The average Bonchev–Trinajstić information content (AvgIpc) is 2.86. The molecule has 0 aliphatic carbocycles. The summed E-state index contributed by atoms with van der Waals surface area (Å²) >= 11 is 0. The van der Waals surface area contributed by atoms with Gasteiger partial charge in [0.05, 0.1) is 7.11 Å². The Bertz CT molecular complexity index is 750. The topological polar surface area (TPSA) is 70.8 Å². The maximum atomic E-state index is 12.7. The number of ether oxygens (including phenoxy) is 3. The molecule has 0 aliphatic rings. The number of aryl methyl sites for hydroxylation is 1. The van der Waals surface area contributed by atoms with Crippen LogP contribution in [0.2, 0.25) is 0 Å². The van der Waals surface area contributed by atoms with Crippen LogP contribution in [0.5, 0.6) is 11.7 Å². The maximum Gasteiger partial charge on any atom is 0.517 e. The number of nitrogens with zero attached hydrogens (tertiary/aromatic N) is 1. The fourth-order valence-electron chi connectivity index (χ4n) is 1.70. The van der Waals surface area contributed by atoms with Gasteiger partial charge < -0.3 is 18.6 Å². The van der Waals surface area contributed by atoms with Crippen molar-refractivity contribution in [3.8, 4) is 23.1 Å². The van der Waals surface area contributed by atoms with Gasteiger partial charge in [-0.15, -0.1) is 0 Å². The summed E-state index contributed by atoms with van der Waals surface area (Å²) in [6.07, 6.45) is -6.28. The second-order valence-electron chi connectivity index (χ2n) is 5.58. The van der Waals surface area contributed by atoms with Crippen LogP contribution in [0.3, 0.4) is 0 Å². The Morgan fingerprint density at radius 2 is 1.76 bits per heavy atom. The molecule has 0 bridgehead atoms. The van der Waals surface area contributed by atoms with E-state index in [4.69, 9.17) is 13.9 Å². The Morgan fingerprint density at radius 3 is 2.28 bits per heavy atom. The molecular weight excluding hydrogens is 343 g/mol. The lowest BCUT2D eigenvalue weighted by molar-refractivity contribution is -0.247. The minimum Gasteiger partial charge on any atom is -0.497 e. The third kappa shape index (κ3) is 4.23. The van der Waals surface area contributed by atoms with Crippen molar-refractivity contribution in [1.29, 1.82) is 0 Å². The highest BCUT2D eigenvalue weighted by atomic mass is 19.4. The van der Waals surface area contributed by atoms with Crippen molar-refractivity contribution in [3.63, 3.8) is 0 Å². The summed E-state index contributed by atoms with van der Waals surface area (Å²) in [7, 11) is 1.52. The molecule has 0 saturated heterocycles. The molecule has 2 aromatic rings. The van der Waals surface area contributed by atoms with Gasteiger partial charge in [-0.3, -0.25) is 0 Å². The van der Waals surface area contributed by atoms with E-state index in [0.29, 0.717) is 25.2 Å². The Kier molecular flexibility index (Phi) is 4.96. The normalized spacial score (nSPS) is 12.0. The Hall–Kier alpha value is -2.71. The zero-order valence-corrected chi connectivity index (χ0v) is 13.9. The third-order valence-electron chi connectivity index (χ3n) is 3.29. The van der Waals surface area contributed by atoms with E-state index in [2.05, 4.69) is 9.72 Å². The molecular formula is C16H16F3NO5. The quantitative estimate of drug-likeness (QED) is 0.748. The van der Waals surface area contributed by atoms with Crippen molar-refractivity contribution in [3.05, 3.63) is 30.0 Å². The molecule has 0 spiro atoms. The van der Waals surface area contributed by atoms with Crippen LogP contribution in [-0.4, -0.2) is 30.0 Å². The highest BCUT2D eigenvalue weighted by Crippen LogP contribution is 2.34. The summed E-state index contributed by atoms with van der Waals surface area (Å²) < 4.78 is 57.5. The summed E-state index contributed by atoms with van der Waals surface area (Å²) in [5, 5.41) is 0. The van der Waals surface area contributed by atoms with Gasteiger partial charge in [-0.2, -0.15) is 13.2 Å². The van der Waals surface area contributed by atoms with Crippen LogP contribution in [0.4, 0.5) is 18.0 Å².